The van der Waals surface area contributed by atoms with Gasteiger partial charge in [-0.05, 0) is 43.3 Å². The molecular formula is C16H19N3O12S4. The molecule has 0 unspecified atom stereocenters. The maximum Gasteiger partial charge on any atom is 0.397 e. The second kappa shape index (κ2) is 10.6. The maximum atomic E-state index is 12.5. The highest BCUT2D eigenvalue weighted by molar-refractivity contribution is 7.91. The molecule has 2 rings (SSSR count). The molecule has 194 valence electrons. The summed E-state index contributed by atoms with van der Waals surface area (Å²) in [6, 6.07) is 5.72. The summed E-state index contributed by atoms with van der Waals surface area (Å²) in [6.07, 6.45) is 0. The van der Waals surface area contributed by atoms with Gasteiger partial charge in [-0.1, -0.05) is 0 Å². The van der Waals surface area contributed by atoms with E-state index in [4.69, 9.17) is 4.55 Å². The van der Waals surface area contributed by atoms with Crippen molar-refractivity contribution in [1.82, 2.24) is 0 Å². The number of azo groups is 1. The lowest BCUT2D eigenvalue weighted by molar-refractivity contribution is 0.284. The highest BCUT2D eigenvalue weighted by Crippen LogP contribution is 2.30. The second-order valence-corrected chi connectivity index (χ2v) is 12.6. The van der Waals surface area contributed by atoms with Crippen LogP contribution in [-0.4, -0.2) is 66.2 Å². The van der Waals surface area contributed by atoms with E-state index in [1.54, 1.807) is 6.92 Å². The number of nitrogens with zero attached hydrogens (tertiary/aromatic N) is 2. The van der Waals surface area contributed by atoms with Crippen LogP contribution >= 0.6 is 0 Å². The van der Waals surface area contributed by atoms with Gasteiger partial charge in [-0.25, -0.2) is 12.6 Å². The standard InChI is InChI=1S/C16H19N3O12S4/c1-2-17-15-4-3-11(9-16(15)34(25,26)27)18-19-12-7-13(10-14(8-12)33(22,23)24)32(20,21)6-5-31-35(28,29)30/h3-4,7-10,17H,2,5-6H2,1H3,(H,22,23,24)(H,25,26,27)(H,28,29,30)/b19-18+. The van der Waals surface area contributed by atoms with Crippen molar-refractivity contribution >= 4 is 57.5 Å². The van der Waals surface area contributed by atoms with Crippen molar-refractivity contribution < 1.29 is 51.5 Å². The van der Waals surface area contributed by atoms with Crippen molar-refractivity contribution in [3.05, 3.63) is 36.4 Å². The highest BCUT2D eigenvalue weighted by atomic mass is 32.3. The van der Waals surface area contributed by atoms with Gasteiger partial charge in [0.1, 0.15) is 4.90 Å². The molecule has 0 aliphatic carbocycles. The van der Waals surface area contributed by atoms with E-state index in [9.17, 15) is 42.8 Å². The van der Waals surface area contributed by atoms with Gasteiger partial charge in [0.05, 0.1) is 39.2 Å². The number of hydrogen-bond acceptors (Lipinski definition) is 12. The summed E-state index contributed by atoms with van der Waals surface area (Å²) in [5, 5.41) is 10.1. The first-order valence-electron chi connectivity index (χ1n) is 9.17. The van der Waals surface area contributed by atoms with Gasteiger partial charge in [-0.3, -0.25) is 13.7 Å². The SMILES string of the molecule is CCNc1ccc(/N=N/c2cc(S(=O)(=O)O)cc(S(=O)(=O)CCOS(=O)(=O)O)c2)cc1S(=O)(=O)O. The van der Waals surface area contributed by atoms with Crippen molar-refractivity contribution in [2.45, 2.75) is 21.6 Å². The summed E-state index contributed by atoms with van der Waals surface area (Å²) in [5.41, 5.74) is -0.455. The monoisotopic (exact) mass is 573 g/mol. The van der Waals surface area contributed by atoms with E-state index in [-0.39, 0.29) is 11.4 Å². The first kappa shape index (κ1) is 28.7. The van der Waals surface area contributed by atoms with E-state index in [0.717, 1.165) is 18.2 Å². The molecule has 0 aromatic heterocycles. The Morgan fingerprint density at radius 2 is 1.40 bits per heavy atom. The molecule has 0 aliphatic heterocycles. The Kier molecular flexibility index (Phi) is 8.71. The molecule has 0 saturated carbocycles. The third-order valence-corrected chi connectivity index (χ3v) is 7.84. The van der Waals surface area contributed by atoms with Gasteiger partial charge in [0.25, 0.3) is 20.2 Å². The zero-order valence-electron chi connectivity index (χ0n) is 17.6. The molecule has 0 fully saturated rings. The highest BCUT2D eigenvalue weighted by Gasteiger charge is 2.22. The van der Waals surface area contributed by atoms with Crippen LogP contribution < -0.4 is 5.32 Å². The third-order valence-electron chi connectivity index (χ3n) is 4.00. The molecule has 0 aliphatic rings. The zero-order valence-corrected chi connectivity index (χ0v) is 20.9. The summed E-state index contributed by atoms with van der Waals surface area (Å²) in [6.45, 7) is 1.02. The number of nitrogens with one attached hydrogen (secondary N) is 1. The molecule has 19 heteroatoms. The number of hydrogen-bond donors (Lipinski definition) is 4. The molecule has 0 saturated heterocycles. The minimum Gasteiger partial charge on any atom is -0.384 e. The maximum absolute atomic E-state index is 12.5. The summed E-state index contributed by atoms with van der Waals surface area (Å²) in [4.78, 5) is -2.12. The fourth-order valence-electron chi connectivity index (χ4n) is 2.55. The third kappa shape index (κ3) is 8.58. The van der Waals surface area contributed by atoms with Crippen LogP contribution in [0.1, 0.15) is 6.92 Å². The Hall–Kier alpha value is -2.52. The molecule has 2 aromatic carbocycles. The van der Waals surface area contributed by atoms with Gasteiger partial charge in [-0.2, -0.15) is 35.5 Å². The van der Waals surface area contributed by atoms with Crippen molar-refractivity contribution in [2.24, 2.45) is 10.2 Å². The lowest BCUT2D eigenvalue weighted by atomic mass is 10.3. The first-order valence-corrected chi connectivity index (χ1v) is 15.1. The van der Waals surface area contributed by atoms with Gasteiger partial charge < -0.3 is 5.32 Å². The lowest BCUT2D eigenvalue weighted by Crippen LogP contribution is -2.16. The summed E-state index contributed by atoms with van der Waals surface area (Å²) >= 11 is 0. The molecule has 0 atom stereocenters. The predicted octanol–water partition coefficient (Wildman–Crippen LogP) is 1.62. The molecule has 0 radical (unpaired) electrons. The number of sulfone groups is 1. The van der Waals surface area contributed by atoms with Crippen LogP contribution in [0.5, 0.6) is 0 Å². The predicted molar refractivity (Wildman–Crippen MR) is 120 cm³/mol. The van der Waals surface area contributed by atoms with Gasteiger partial charge >= 0.3 is 10.4 Å². The first-order chi connectivity index (χ1) is 15.9. The Morgan fingerprint density at radius 3 is 1.94 bits per heavy atom. The van der Waals surface area contributed by atoms with Crippen LogP contribution in [0.4, 0.5) is 17.1 Å². The van der Waals surface area contributed by atoms with E-state index in [1.165, 1.54) is 12.1 Å². The normalized spacial score (nSPS) is 13.3. The van der Waals surface area contributed by atoms with Gasteiger partial charge in [-0.15, -0.1) is 0 Å². The fraction of sp³-hybridized carbons (Fsp3) is 0.250. The zero-order chi connectivity index (χ0) is 26.7. The van der Waals surface area contributed by atoms with Gasteiger partial charge in [0.2, 0.25) is 0 Å². The minimum absolute atomic E-state index is 0.0720. The van der Waals surface area contributed by atoms with Crippen LogP contribution in [0.2, 0.25) is 0 Å². The van der Waals surface area contributed by atoms with Crippen molar-refractivity contribution in [1.29, 1.82) is 0 Å². The van der Waals surface area contributed by atoms with Crippen LogP contribution in [0.25, 0.3) is 0 Å². The van der Waals surface area contributed by atoms with E-state index < -0.39 is 73.2 Å². The summed E-state index contributed by atoms with van der Waals surface area (Å²) in [5.74, 6) is -0.998. The van der Waals surface area contributed by atoms with Gasteiger partial charge in [0, 0.05) is 6.54 Å². The van der Waals surface area contributed by atoms with Crippen LogP contribution in [0, 0.1) is 0 Å². The largest absolute Gasteiger partial charge is 0.397 e. The van der Waals surface area contributed by atoms with E-state index in [2.05, 4.69) is 19.7 Å². The number of anilines is 1. The minimum atomic E-state index is -4.93. The van der Waals surface area contributed by atoms with Crippen LogP contribution in [0.15, 0.2) is 61.3 Å². The number of rotatable bonds is 11. The summed E-state index contributed by atoms with van der Waals surface area (Å²) in [7, 11) is -18.9. The van der Waals surface area contributed by atoms with E-state index >= 15 is 0 Å². The fourth-order valence-corrected chi connectivity index (χ4v) is 5.40. The molecular weight excluding hydrogens is 554 g/mol. The average molecular weight is 574 g/mol. The molecule has 35 heavy (non-hydrogen) atoms. The molecule has 0 bridgehead atoms. The molecule has 15 nitrogen and oxygen atoms in total. The summed E-state index contributed by atoms with van der Waals surface area (Å²) < 4.78 is 124. The van der Waals surface area contributed by atoms with Crippen LogP contribution in [0.3, 0.4) is 0 Å². The Labute approximate surface area is 201 Å². The van der Waals surface area contributed by atoms with Gasteiger partial charge in [0.15, 0.2) is 9.84 Å². The Bertz CT molecular complexity index is 1570. The quantitative estimate of drug-likeness (QED) is 0.221. The second-order valence-electron chi connectivity index (χ2n) is 6.59. The van der Waals surface area contributed by atoms with Crippen molar-refractivity contribution in [3.63, 3.8) is 0 Å². The lowest BCUT2D eigenvalue weighted by Gasteiger charge is -2.09. The van der Waals surface area contributed by atoms with Crippen LogP contribution in [-0.2, 0) is 44.7 Å². The van der Waals surface area contributed by atoms with Crippen molar-refractivity contribution in [2.75, 3.05) is 24.2 Å². The van der Waals surface area contributed by atoms with Crippen molar-refractivity contribution in [3.8, 4) is 0 Å². The molecule has 2 aromatic rings. The molecule has 4 N–H and O–H groups in total. The topological polar surface area (TPSA) is 243 Å². The smallest absolute Gasteiger partial charge is 0.384 e. The Balaban J connectivity index is 2.51. The van der Waals surface area contributed by atoms with E-state index in [1.807, 2.05) is 0 Å². The average Bonchev–Trinajstić information content (AvgIpc) is 2.70. The Morgan fingerprint density at radius 1 is 0.800 bits per heavy atom. The molecule has 0 amide bonds. The number of benzene rings is 2. The van der Waals surface area contributed by atoms with E-state index in [0.29, 0.717) is 12.6 Å². The molecule has 0 heterocycles. The molecule has 0 spiro atoms.